The number of rotatable bonds is 6. The first-order valence-corrected chi connectivity index (χ1v) is 12.2. The predicted octanol–water partition coefficient (Wildman–Crippen LogP) is 3.69. The Bertz CT molecular complexity index is 1390. The summed E-state index contributed by atoms with van der Waals surface area (Å²) in [5.74, 6) is 0.539. The van der Waals surface area contributed by atoms with Crippen molar-refractivity contribution in [2.45, 2.75) is 75.3 Å². The van der Waals surface area contributed by atoms with Crippen LogP contribution in [0.15, 0.2) is 36.7 Å². The highest BCUT2D eigenvalue weighted by molar-refractivity contribution is 5.72. The number of piperidine rings is 1. The number of alkyl halides is 1. The lowest BCUT2D eigenvalue weighted by Crippen LogP contribution is -2.66. The SMILES string of the molecule is [2H]C([2H])([2H])Oc1cc(-c2ccc(-c3ncc(N(C4CC4)[C@H]4C[C@]5(C)CC[C@@](C)(N5)[C@H]4F)nn3)c(O)c2)cnn1. The van der Waals surface area contributed by atoms with Crippen LogP contribution in [-0.4, -0.2) is 66.9 Å². The van der Waals surface area contributed by atoms with Crippen LogP contribution >= 0.6 is 0 Å². The molecule has 3 aromatic rings. The minimum atomic E-state index is -2.65. The number of halogens is 1. The van der Waals surface area contributed by atoms with E-state index in [-0.39, 0.29) is 35.1 Å². The summed E-state index contributed by atoms with van der Waals surface area (Å²) in [5.41, 5.74) is 0.804. The highest BCUT2D eigenvalue weighted by Gasteiger charge is 2.58. The first kappa shape index (κ1) is 19.7. The fourth-order valence-electron chi connectivity index (χ4n) is 5.89. The van der Waals surface area contributed by atoms with E-state index in [1.54, 1.807) is 18.3 Å². The van der Waals surface area contributed by atoms with E-state index in [0.717, 1.165) is 25.7 Å². The Balaban J connectivity index is 1.24. The smallest absolute Gasteiger partial charge is 0.233 e. The number of phenolic OH excluding ortho intramolecular Hbond substituents is 1. The number of nitrogens with one attached hydrogen (secondary N) is 1. The van der Waals surface area contributed by atoms with Gasteiger partial charge in [0.2, 0.25) is 5.88 Å². The highest BCUT2D eigenvalue weighted by atomic mass is 19.1. The van der Waals surface area contributed by atoms with Crippen LogP contribution in [0.3, 0.4) is 0 Å². The van der Waals surface area contributed by atoms with E-state index in [4.69, 9.17) is 8.85 Å². The summed E-state index contributed by atoms with van der Waals surface area (Å²) in [6.07, 6.45) is 6.42. The molecule has 6 rings (SSSR count). The Morgan fingerprint density at radius 2 is 2.00 bits per heavy atom. The predicted molar refractivity (Wildman–Crippen MR) is 132 cm³/mol. The second-order valence-electron chi connectivity index (χ2n) is 10.7. The molecule has 2 bridgehead atoms. The van der Waals surface area contributed by atoms with E-state index >= 15 is 4.39 Å². The number of ether oxygens (including phenoxy) is 1. The van der Waals surface area contributed by atoms with Gasteiger partial charge in [-0.05, 0) is 63.6 Å². The third-order valence-corrected chi connectivity index (χ3v) is 7.81. The van der Waals surface area contributed by atoms with Crippen LogP contribution in [0.2, 0.25) is 0 Å². The maximum absolute atomic E-state index is 15.8. The quantitative estimate of drug-likeness (QED) is 0.530. The number of fused-ring (bicyclic) bond motifs is 2. The fraction of sp³-hybridized carbons (Fsp3) is 0.500. The number of hydrogen-bond acceptors (Lipinski definition) is 9. The lowest BCUT2D eigenvalue weighted by molar-refractivity contribution is 0.0831. The van der Waals surface area contributed by atoms with Gasteiger partial charge in [-0.2, -0.15) is 5.10 Å². The first-order valence-electron chi connectivity index (χ1n) is 13.7. The van der Waals surface area contributed by atoms with Crippen molar-refractivity contribution >= 4 is 5.82 Å². The Morgan fingerprint density at radius 3 is 2.72 bits per heavy atom. The van der Waals surface area contributed by atoms with E-state index < -0.39 is 18.7 Å². The van der Waals surface area contributed by atoms with Crippen LogP contribution in [0, 0.1) is 0 Å². The van der Waals surface area contributed by atoms with Crippen molar-refractivity contribution in [3.05, 3.63) is 36.7 Å². The van der Waals surface area contributed by atoms with Crippen molar-refractivity contribution < 1.29 is 18.3 Å². The maximum Gasteiger partial charge on any atom is 0.233 e. The summed E-state index contributed by atoms with van der Waals surface area (Å²) in [6.45, 7) is 4.15. The summed E-state index contributed by atoms with van der Waals surface area (Å²) in [7, 11) is -2.65. The number of methoxy groups -OCH3 is 1. The zero-order valence-electron chi connectivity index (χ0n) is 23.1. The molecule has 1 saturated carbocycles. The fourth-order valence-corrected chi connectivity index (χ4v) is 5.89. The van der Waals surface area contributed by atoms with Crippen LogP contribution in [0.25, 0.3) is 22.5 Å². The van der Waals surface area contributed by atoms with Crippen molar-refractivity contribution in [1.82, 2.24) is 30.7 Å². The highest BCUT2D eigenvalue weighted by Crippen LogP contribution is 2.47. The van der Waals surface area contributed by atoms with E-state index in [0.29, 0.717) is 28.9 Å². The molecule has 0 spiro atoms. The van der Waals surface area contributed by atoms with Gasteiger partial charge < -0.3 is 20.1 Å². The Kier molecular flexibility index (Phi) is 4.57. The second-order valence-corrected chi connectivity index (χ2v) is 10.7. The van der Waals surface area contributed by atoms with Gasteiger partial charge in [0.1, 0.15) is 11.9 Å². The molecule has 0 amide bonds. The summed E-state index contributed by atoms with van der Waals surface area (Å²) < 4.78 is 42.4. The number of phenols is 1. The molecule has 188 valence electrons. The van der Waals surface area contributed by atoms with E-state index in [9.17, 15) is 5.11 Å². The zero-order valence-corrected chi connectivity index (χ0v) is 20.1. The van der Waals surface area contributed by atoms with Crippen molar-refractivity contribution in [2.75, 3.05) is 11.9 Å². The van der Waals surface area contributed by atoms with Gasteiger partial charge in [0.25, 0.3) is 0 Å². The molecular weight excluding hydrogens is 461 g/mol. The summed E-state index contributed by atoms with van der Waals surface area (Å²) in [4.78, 5) is 6.57. The summed E-state index contributed by atoms with van der Waals surface area (Å²) in [5, 5.41) is 30.5. The molecule has 10 heteroatoms. The van der Waals surface area contributed by atoms with Gasteiger partial charge in [-0.25, -0.2) is 9.37 Å². The molecule has 0 unspecified atom stereocenters. The van der Waals surface area contributed by atoms with Gasteiger partial charge in [-0.15, -0.1) is 15.3 Å². The molecule has 0 radical (unpaired) electrons. The van der Waals surface area contributed by atoms with Crippen molar-refractivity contribution in [2.24, 2.45) is 0 Å². The molecule has 2 aliphatic heterocycles. The molecule has 2 saturated heterocycles. The zero-order chi connectivity index (χ0) is 27.6. The van der Waals surface area contributed by atoms with Crippen LogP contribution in [0.1, 0.15) is 50.1 Å². The monoisotopic (exact) mass is 494 g/mol. The van der Waals surface area contributed by atoms with Gasteiger partial charge in [0.15, 0.2) is 11.6 Å². The second kappa shape index (κ2) is 8.33. The van der Waals surface area contributed by atoms with E-state index in [1.807, 2.05) is 6.92 Å². The molecule has 4 atom stereocenters. The number of aromatic hydroxyl groups is 1. The maximum atomic E-state index is 15.8. The van der Waals surface area contributed by atoms with Crippen LogP contribution < -0.4 is 15.0 Å². The van der Waals surface area contributed by atoms with Crippen molar-refractivity contribution in [3.63, 3.8) is 0 Å². The Labute approximate surface area is 213 Å². The lowest BCUT2D eigenvalue weighted by atomic mass is 9.82. The van der Waals surface area contributed by atoms with Crippen LogP contribution in [0.4, 0.5) is 10.2 Å². The van der Waals surface area contributed by atoms with Gasteiger partial charge >= 0.3 is 0 Å². The number of benzene rings is 1. The number of hydrogen-bond donors (Lipinski definition) is 2. The van der Waals surface area contributed by atoms with Gasteiger partial charge in [0.05, 0.1) is 35.1 Å². The molecule has 2 N–H and O–H groups in total. The third kappa shape index (κ3) is 3.93. The topological polar surface area (TPSA) is 109 Å². The molecule has 9 nitrogen and oxygen atoms in total. The molecule has 1 aliphatic carbocycles. The molecule has 4 heterocycles. The summed E-state index contributed by atoms with van der Waals surface area (Å²) >= 11 is 0. The van der Waals surface area contributed by atoms with Crippen molar-refractivity contribution in [3.8, 4) is 34.1 Å². The van der Waals surface area contributed by atoms with Gasteiger partial charge in [-0.1, -0.05) is 6.07 Å². The Morgan fingerprint density at radius 1 is 1.14 bits per heavy atom. The molecule has 36 heavy (non-hydrogen) atoms. The van der Waals surface area contributed by atoms with Gasteiger partial charge in [0, 0.05) is 28.7 Å². The third-order valence-electron chi connectivity index (χ3n) is 7.81. The number of aromatic nitrogens is 5. The average Bonchev–Trinajstić information content (AvgIpc) is 3.67. The van der Waals surface area contributed by atoms with E-state index in [2.05, 4.69) is 42.5 Å². The van der Waals surface area contributed by atoms with Crippen LogP contribution in [-0.2, 0) is 0 Å². The molecule has 2 aromatic heterocycles. The molecular formula is C26H30FN7O2. The number of anilines is 1. The number of nitrogens with zero attached hydrogens (tertiary/aromatic N) is 6. The average molecular weight is 495 g/mol. The lowest BCUT2D eigenvalue weighted by Gasteiger charge is -2.48. The van der Waals surface area contributed by atoms with Gasteiger partial charge in [-0.3, -0.25) is 0 Å². The standard InChI is InChI=1S/C26H30FN7O2/c1-25-8-9-26(2,33-25)23(27)19(12-25)34(17-5-6-17)21-14-28-24(32-30-21)18-7-4-15(10-20(18)35)16-11-22(36-3)31-29-13-16/h4,7,10-11,13-14,17,19,23,33,35H,5-6,8-9,12H2,1-3H3/t19-,23-,25-,26+/m0/s1/i3D3. The normalized spacial score (nSPS) is 30.8. The minimum Gasteiger partial charge on any atom is -0.507 e. The van der Waals surface area contributed by atoms with Crippen molar-refractivity contribution in [1.29, 1.82) is 0 Å². The Hall–Kier alpha value is -3.40. The summed E-state index contributed by atoms with van der Waals surface area (Å²) in [6, 6.07) is 6.21. The molecule has 1 aromatic carbocycles. The molecule has 3 fully saturated rings. The largest absolute Gasteiger partial charge is 0.507 e. The minimum absolute atomic E-state index is 0.0872. The molecule has 3 aliphatic rings. The van der Waals surface area contributed by atoms with E-state index in [1.165, 1.54) is 18.3 Å². The van der Waals surface area contributed by atoms with Crippen LogP contribution in [0.5, 0.6) is 11.6 Å². The first-order chi connectivity index (χ1) is 18.4.